The van der Waals surface area contributed by atoms with Crippen LogP contribution in [0.1, 0.15) is 35.7 Å². The van der Waals surface area contributed by atoms with E-state index in [0.29, 0.717) is 5.56 Å². The highest BCUT2D eigenvalue weighted by atomic mass is 16.4. The Labute approximate surface area is 141 Å². The van der Waals surface area contributed by atoms with Crippen molar-refractivity contribution in [2.45, 2.75) is 31.4 Å². The number of phenols is 1. The maximum atomic E-state index is 10.6. The highest BCUT2D eigenvalue weighted by Crippen LogP contribution is 2.34. The molecule has 2 aromatic rings. The molecule has 24 heavy (non-hydrogen) atoms. The summed E-state index contributed by atoms with van der Waals surface area (Å²) in [5.74, 6) is -0.642. The van der Waals surface area contributed by atoms with Crippen molar-refractivity contribution in [2.24, 2.45) is 0 Å². The molecule has 0 aliphatic carbocycles. The van der Waals surface area contributed by atoms with Crippen molar-refractivity contribution in [3.05, 3.63) is 65.7 Å². The summed E-state index contributed by atoms with van der Waals surface area (Å²) in [6.45, 7) is 2.91. The average molecular weight is 329 g/mol. The highest BCUT2D eigenvalue weighted by molar-refractivity contribution is 5.87. The molecule has 1 saturated heterocycles. The van der Waals surface area contributed by atoms with Gasteiger partial charge in [-0.05, 0) is 49.2 Å². The first-order chi connectivity index (χ1) is 11.5. The molecule has 1 aliphatic rings. The molecule has 2 unspecified atom stereocenters. The zero-order chi connectivity index (χ0) is 17.6. The fraction of sp³-hybridized carbons (Fsp3) is 0.316. The van der Waals surface area contributed by atoms with Crippen LogP contribution in [0.2, 0.25) is 0 Å². The standard InChI is InChI=1S/C12H17NO2.C7H6O2/c1-2-11-12(15,7-8-13-11)9-3-5-10(14)6-4-9;8-7(9)6-4-2-1-3-5-6/h3-6,11,13-15H,2,7-8H2,1H3;1-5H,(H,8,9). The lowest BCUT2D eigenvalue weighted by molar-refractivity contribution is 0.0225. The van der Waals surface area contributed by atoms with Crippen LogP contribution in [-0.4, -0.2) is 33.9 Å². The molecule has 3 rings (SSSR count). The fourth-order valence-corrected chi connectivity index (χ4v) is 2.94. The Balaban J connectivity index is 0.000000198. The van der Waals surface area contributed by atoms with Gasteiger partial charge in [-0.1, -0.05) is 37.3 Å². The van der Waals surface area contributed by atoms with Crippen molar-refractivity contribution < 1.29 is 20.1 Å². The van der Waals surface area contributed by atoms with E-state index in [9.17, 15) is 15.0 Å². The minimum Gasteiger partial charge on any atom is -0.508 e. The van der Waals surface area contributed by atoms with Crippen LogP contribution in [0.5, 0.6) is 5.75 Å². The molecule has 5 nitrogen and oxygen atoms in total. The van der Waals surface area contributed by atoms with Gasteiger partial charge in [0.25, 0.3) is 0 Å². The largest absolute Gasteiger partial charge is 0.508 e. The summed E-state index contributed by atoms with van der Waals surface area (Å²) in [6, 6.07) is 15.2. The molecule has 2 aromatic carbocycles. The third kappa shape index (κ3) is 4.13. The van der Waals surface area contributed by atoms with Gasteiger partial charge in [0.15, 0.2) is 0 Å². The predicted molar refractivity (Wildman–Crippen MR) is 92.1 cm³/mol. The van der Waals surface area contributed by atoms with Gasteiger partial charge < -0.3 is 20.6 Å². The molecule has 0 saturated carbocycles. The van der Waals surface area contributed by atoms with Gasteiger partial charge >= 0.3 is 5.97 Å². The van der Waals surface area contributed by atoms with Crippen LogP contribution in [0, 0.1) is 0 Å². The molecule has 1 heterocycles. The van der Waals surface area contributed by atoms with Crippen molar-refractivity contribution in [3.63, 3.8) is 0 Å². The van der Waals surface area contributed by atoms with Gasteiger partial charge in [0.2, 0.25) is 0 Å². The quantitative estimate of drug-likeness (QED) is 0.695. The second-order valence-corrected chi connectivity index (χ2v) is 5.81. The molecule has 0 bridgehead atoms. The van der Waals surface area contributed by atoms with Crippen LogP contribution in [-0.2, 0) is 5.60 Å². The van der Waals surface area contributed by atoms with E-state index in [1.165, 1.54) is 0 Å². The molecule has 5 heteroatoms. The maximum Gasteiger partial charge on any atom is 0.335 e. The van der Waals surface area contributed by atoms with Gasteiger partial charge in [0.05, 0.1) is 5.56 Å². The van der Waals surface area contributed by atoms with Gasteiger partial charge in [0.1, 0.15) is 11.4 Å². The molecule has 1 fully saturated rings. The summed E-state index contributed by atoms with van der Waals surface area (Å²) < 4.78 is 0. The second-order valence-electron chi connectivity index (χ2n) is 5.81. The Kier molecular flexibility index (Phi) is 5.95. The number of aromatic carboxylic acids is 1. The van der Waals surface area contributed by atoms with E-state index in [0.717, 1.165) is 24.9 Å². The first kappa shape index (κ1) is 18.0. The van der Waals surface area contributed by atoms with Gasteiger partial charge in [-0.3, -0.25) is 0 Å². The third-order valence-electron chi connectivity index (χ3n) is 4.27. The second kappa shape index (κ2) is 7.95. The van der Waals surface area contributed by atoms with Crippen LogP contribution < -0.4 is 5.32 Å². The van der Waals surface area contributed by atoms with Gasteiger partial charge in [0, 0.05) is 6.04 Å². The first-order valence-corrected chi connectivity index (χ1v) is 8.01. The lowest BCUT2D eigenvalue weighted by Gasteiger charge is -2.29. The molecular weight excluding hydrogens is 306 g/mol. The lowest BCUT2D eigenvalue weighted by Crippen LogP contribution is -2.39. The first-order valence-electron chi connectivity index (χ1n) is 8.01. The molecule has 2 atom stereocenters. The van der Waals surface area contributed by atoms with Crippen LogP contribution in [0.15, 0.2) is 54.6 Å². The van der Waals surface area contributed by atoms with Crippen molar-refractivity contribution in [3.8, 4) is 5.75 Å². The third-order valence-corrected chi connectivity index (χ3v) is 4.27. The van der Waals surface area contributed by atoms with E-state index < -0.39 is 11.6 Å². The van der Waals surface area contributed by atoms with Gasteiger partial charge in [-0.2, -0.15) is 0 Å². The molecule has 0 radical (unpaired) electrons. The maximum absolute atomic E-state index is 10.6. The number of phenolic OH excluding ortho intramolecular Hbond substituents is 1. The Hall–Kier alpha value is -2.37. The number of rotatable bonds is 3. The molecular formula is C19H23NO4. The van der Waals surface area contributed by atoms with Gasteiger partial charge in [-0.15, -0.1) is 0 Å². The average Bonchev–Trinajstić information content (AvgIpc) is 2.98. The zero-order valence-electron chi connectivity index (χ0n) is 13.6. The SMILES string of the molecule is CCC1NCCC1(O)c1ccc(O)cc1.O=C(O)c1ccccc1. The topological polar surface area (TPSA) is 89.8 Å². The molecule has 0 spiro atoms. The number of carboxylic acid groups (broad SMARTS) is 1. The molecule has 128 valence electrons. The Morgan fingerprint density at radius 2 is 1.79 bits per heavy atom. The van der Waals surface area contributed by atoms with Crippen LogP contribution >= 0.6 is 0 Å². The number of aromatic hydroxyl groups is 1. The van der Waals surface area contributed by atoms with Crippen molar-refractivity contribution >= 4 is 5.97 Å². The normalized spacial score (nSPS) is 22.5. The lowest BCUT2D eigenvalue weighted by atomic mass is 9.85. The number of nitrogens with one attached hydrogen (secondary N) is 1. The summed E-state index contributed by atoms with van der Waals surface area (Å²) in [5, 5.41) is 31.5. The Bertz CT molecular complexity index is 657. The monoisotopic (exact) mass is 329 g/mol. The van der Waals surface area contributed by atoms with Crippen molar-refractivity contribution in [1.82, 2.24) is 5.32 Å². The Morgan fingerprint density at radius 1 is 1.17 bits per heavy atom. The molecule has 4 N–H and O–H groups in total. The Morgan fingerprint density at radius 3 is 2.29 bits per heavy atom. The summed E-state index contributed by atoms with van der Waals surface area (Å²) >= 11 is 0. The number of hydrogen-bond donors (Lipinski definition) is 4. The smallest absolute Gasteiger partial charge is 0.335 e. The summed E-state index contributed by atoms with van der Waals surface area (Å²) in [5.41, 5.74) is 0.442. The predicted octanol–water partition coefficient (Wildman–Crippen LogP) is 2.74. The zero-order valence-corrected chi connectivity index (χ0v) is 13.6. The van der Waals surface area contributed by atoms with Gasteiger partial charge in [-0.25, -0.2) is 4.79 Å². The summed E-state index contributed by atoms with van der Waals surface area (Å²) in [7, 11) is 0. The number of aliphatic hydroxyl groups is 1. The number of carbonyl (C=O) groups is 1. The van der Waals surface area contributed by atoms with Crippen molar-refractivity contribution in [2.75, 3.05) is 6.54 Å². The minimum absolute atomic E-state index is 0.113. The summed E-state index contributed by atoms with van der Waals surface area (Å²) in [4.78, 5) is 10.2. The summed E-state index contributed by atoms with van der Waals surface area (Å²) in [6.07, 6.45) is 1.63. The van der Waals surface area contributed by atoms with E-state index in [1.807, 2.05) is 0 Å². The van der Waals surface area contributed by atoms with E-state index in [4.69, 9.17) is 5.11 Å². The number of hydrogen-bond acceptors (Lipinski definition) is 4. The molecule has 1 aliphatic heterocycles. The van der Waals surface area contributed by atoms with E-state index in [2.05, 4.69) is 12.2 Å². The molecule has 0 aromatic heterocycles. The van der Waals surface area contributed by atoms with Crippen molar-refractivity contribution in [1.29, 1.82) is 0 Å². The van der Waals surface area contributed by atoms with E-state index in [1.54, 1.807) is 54.6 Å². The van der Waals surface area contributed by atoms with Crippen LogP contribution in [0.3, 0.4) is 0 Å². The van der Waals surface area contributed by atoms with Crippen LogP contribution in [0.25, 0.3) is 0 Å². The highest BCUT2D eigenvalue weighted by Gasteiger charge is 2.41. The molecule has 0 amide bonds. The number of carboxylic acids is 1. The van der Waals surface area contributed by atoms with E-state index >= 15 is 0 Å². The minimum atomic E-state index is -0.879. The van der Waals surface area contributed by atoms with E-state index in [-0.39, 0.29) is 11.8 Å². The van der Waals surface area contributed by atoms with Crippen LogP contribution in [0.4, 0.5) is 0 Å². The fourth-order valence-electron chi connectivity index (χ4n) is 2.94. The number of benzene rings is 2.